The van der Waals surface area contributed by atoms with E-state index in [2.05, 4.69) is 6.92 Å². The fourth-order valence-corrected chi connectivity index (χ4v) is 1.96. The summed E-state index contributed by atoms with van der Waals surface area (Å²) in [4.78, 5) is 10.8. The summed E-state index contributed by atoms with van der Waals surface area (Å²) < 4.78 is 5.67. The van der Waals surface area contributed by atoms with Gasteiger partial charge in [0.05, 0.1) is 5.56 Å². The van der Waals surface area contributed by atoms with Crippen LogP contribution in [0.4, 0.5) is 0 Å². The van der Waals surface area contributed by atoms with E-state index in [9.17, 15) is 4.79 Å². The Morgan fingerprint density at radius 3 is 2.29 bits per heavy atom. The number of hydrogen-bond acceptors (Lipinski definition) is 3. The van der Waals surface area contributed by atoms with Gasteiger partial charge < -0.3 is 15.6 Å². The molecule has 110 valence electrons. The number of hydrogen-bond donors (Lipinski definition) is 2. The van der Waals surface area contributed by atoms with Crippen LogP contribution in [0.15, 0.2) is 48.5 Å². The molecule has 21 heavy (non-hydrogen) atoms. The molecule has 0 amide bonds. The molecule has 0 saturated heterocycles. The fraction of sp³-hybridized carbons (Fsp3) is 0.235. The van der Waals surface area contributed by atoms with E-state index in [1.54, 1.807) is 24.3 Å². The van der Waals surface area contributed by atoms with Crippen LogP contribution in [0.1, 0.15) is 40.9 Å². The van der Waals surface area contributed by atoms with E-state index in [0.717, 1.165) is 23.3 Å². The molecule has 1 atom stereocenters. The highest BCUT2D eigenvalue weighted by Gasteiger charge is 2.04. The van der Waals surface area contributed by atoms with E-state index in [4.69, 9.17) is 15.6 Å². The Balaban J connectivity index is 1.95. The predicted octanol–water partition coefficient (Wildman–Crippen LogP) is 3.37. The topological polar surface area (TPSA) is 72.5 Å². The fourth-order valence-electron chi connectivity index (χ4n) is 1.96. The zero-order valence-corrected chi connectivity index (χ0v) is 12.0. The molecule has 0 aromatic heterocycles. The van der Waals surface area contributed by atoms with E-state index < -0.39 is 5.97 Å². The van der Waals surface area contributed by atoms with Gasteiger partial charge in [0.1, 0.15) is 12.4 Å². The number of benzene rings is 2. The average molecular weight is 285 g/mol. The van der Waals surface area contributed by atoms with E-state index >= 15 is 0 Å². The minimum Gasteiger partial charge on any atom is -0.489 e. The maximum absolute atomic E-state index is 10.8. The predicted molar refractivity (Wildman–Crippen MR) is 81.4 cm³/mol. The number of carboxylic acid groups (broad SMARTS) is 1. The quantitative estimate of drug-likeness (QED) is 0.853. The van der Waals surface area contributed by atoms with Crippen LogP contribution in [-0.2, 0) is 6.61 Å². The standard InChI is InChI=1S/C17H19NO3/c1-2-16(18)13-7-9-15(10-8-13)21-11-12-3-5-14(6-4-12)17(19)20/h3-10,16H,2,11,18H2,1H3,(H,19,20)/t16-/m1/s1. The van der Waals surface area contributed by atoms with Gasteiger partial charge in [-0.1, -0.05) is 31.2 Å². The maximum Gasteiger partial charge on any atom is 0.335 e. The highest BCUT2D eigenvalue weighted by molar-refractivity contribution is 5.87. The van der Waals surface area contributed by atoms with Gasteiger partial charge in [-0.15, -0.1) is 0 Å². The molecule has 0 unspecified atom stereocenters. The van der Waals surface area contributed by atoms with Crippen molar-refractivity contribution in [3.05, 3.63) is 65.2 Å². The van der Waals surface area contributed by atoms with Crippen LogP contribution in [0, 0.1) is 0 Å². The Morgan fingerprint density at radius 2 is 1.76 bits per heavy atom. The van der Waals surface area contributed by atoms with Gasteiger partial charge in [0, 0.05) is 6.04 Å². The van der Waals surface area contributed by atoms with Crippen molar-refractivity contribution in [3.63, 3.8) is 0 Å². The Hall–Kier alpha value is -2.33. The Morgan fingerprint density at radius 1 is 1.14 bits per heavy atom. The first-order valence-electron chi connectivity index (χ1n) is 6.90. The zero-order chi connectivity index (χ0) is 15.2. The third kappa shape index (κ3) is 4.07. The van der Waals surface area contributed by atoms with Gasteiger partial charge in [0.25, 0.3) is 0 Å². The molecule has 0 aliphatic carbocycles. The zero-order valence-electron chi connectivity index (χ0n) is 12.0. The van der Waals surface area contributed by atoms with Crippen LogP contribution in [0.2, 0.25) is 0 Å². The van der Waals surface area contributed by atoms with E-state index in [1.807, 2.05) is 24.3 Å². The van der Waals surface area contributed by atoms with Crippen molar-refractivity contribution in [2.75, 3.05) is 0 Å². The lowest BCUT2D eigenvalue weighted by molar-refractivity contribution is 0.0697. The summed E-state index contributed by atoms with van der Waals surface area (Å²) in [5.74, 6) is -0.158. The third-order valence-corrected chi connectivity index (χ3v) is 3.35. The molecule has 0 radical (unpaired) electrons. The highest BCUT2D eigenvalue weighted by Crippen LogP contribution is 2.19. The molecular weight excluding hydrogens is 266 g/mol. The lowest BCUT2D eigenvalue weighted by atomic mass is 10.1. The molecule has 4 nitrogen and oxygen atoms in total. The minimum absolute atomic E-state index is 0.0580. The SMILES string of the molecule is CC[C@@H](N)c1ccc(OCc2ccc(C(=O)O)cc2)cc1. The smallest absolute Gasteiger partial charge is 0.335 e. The number of ether oxygens (including phenoxy) is 1. The van der Waals surface area contributed by atoms with E-state index in [-0.39, 0.29) is 11.6 Å². The monoisotopic (exact) mass is 285 g/mol. The van der Waals surface area contributed by atoms with Crippen LogP contribution in [0.5, 0.6) is 5.75 Å². The first kappa shape index (κ1) is 15.1. The van der Waals surface area contributed by atoms with Crippen LogP contribution in [-0.4, -0.2) is 11.1 Å². The summed E-state index contributed by atoms with van der Waals surface area (Å²) in [7, 11) is 0. The summed E-state index contributed by atoms with van der Waals surface area (Å²) >= 11 is 0. The third-order valence-electron chi connectivity index (χ3n) is 3.35. The molecule has 3 N–H and O–H groups in total. The molecule has 0 aliphatic heterocycles. The maximum atomic E-state index is 10.8. The van der Waals surface area contributed by atoms with Crippen LogP contribution < -0.4 is 10.5 Å². The van der Waals surface area contributed by atoms with Crippen molar-refractivity contribution in [2.45, 2.75) is 26.0 Å². The van der Waals surface area contributed by atoms with E-state index in [1.165, 1.54) is 0 Å². The average Bonchev–Trinajstić information content (AvgIpc) is 2.53. The summed E-state index contributed by atoms with van der Waals surface area (Å²) in [6.45, 7) is 2.45. The minimum atomic E-state index is -0.926. The lowest BCUT2D eigenvalue weighted by Crippen LogP contribution is -2.08. The van der Waals surface area contributed by atoms with Crippen LogP contribution in [0.25, 0.3) is 0 Å². The molecule has 4 heteroatoms. The molecular formula is C17H19NO3. The first-order valence-corrected chi connectivity index (χ1v) is 6.90. The van der Waals surface area contributed by atoms with Gasteiger partial charge in [-0.3, -0.25) is 0 Å². The summed E-state index contributed by atoms with van der Waals surface area (Å²) in [5.41, 5.74) is 8.25. The number of carboxylic acids is 1. The molecule has 2 aromatic carbocycles. The van der Waals surface area contributed by atoms with Crippen LogP contribution >= 0.6 is 0 Å². The van der Waals surface area contributed by atoms with Gasteiger partial charge in [-0.2, -0.15) is 0 Å². The Kier molecular flexibility index (Phi) is 4.95. The van der Waals surface area contributed by atoms with Crippen molar-refractivity contribution in [2.24, 2.45) is 5.73 Å². The summed E-state index contributed by atoms with van der Waals surface area (Å²) in [5, 5.41) is 8.83. The molecule has 0 bridgehead atoms. The lowest BCUT2D eigenvalue weighted by Gasteiger charge is -2.11. The van der Waals surface area contributed by atoms with Gasteiger partial charge in [0.15, 0.2) is 0 Å². The Bertz CT molecular complexity index is 590. The second-order valence-corrected chi connectivity index (χ2v) is 4.87. The van der Waals surface area contributed by atoms with Crippen molar-refractivity contribution < 1.29 is 14.6 Å². The van der Waals surface area contributed by atoms with Crippen molar-refractivity contribution in [1.82, 2.24) is 0 Å². The molecule has 2 rings (SSSR count). The Labute approximate surface area is 124 Å². The molecule has 0 heterocycles. The number of carbonyl (C=O) groups is 1. The van der Waals surface area contributed by atoms with Gasteiger partial charge in [-0.25, -0.2) is 4.79 Å². The highest BCUT2D eigenvalue weighted by atomic mass is 16.5. The van der Waals surface area contributed by atoms with E-state index in [0.29, 0.717) is 6.61 Å². The van der Waals surface area contributed by atoms with Crippen molar-refractivity contribution in [3.8, 4) is 5.75 Å². The van der Waals surface area contributed by atoms with Crippen molar-refractivity contribution in [1.29, 1.82) is 0 Å². The second kappa shape index (κ2) is 6.90. The van der Waals surface area contributed by atoms with Gasteiger partial charge in [-0.05, 0) is 41.8 Å². The molecule has 2 aromatic rings. The molecule has 0 aliphatic rings. The van der Waals surface area contributed by atoms with Crippen molar-refractivity contribution >= 4 is 5.97 Å². The molecule has 0 spiro atoms. The molecule has 0 saturated carbocycles. The van der Waals surface area contributed by atoms with Gasteiger partial charge >= 0.3 is 5.97 Å². The number of nitrogens with two attached hydrogens (primary N) is 1. The first-order chi connectivity index (χ1) is 10.1. The number of rotatable bonds is 6. The number of aromatic carboxylic acids is 1. The summed E-state index contributed by atoms with van der Waals surface area (Å²) in [6.07, 6.45) is 0.899. The normalized spacial score (nSPS) is 11.9. The van der Waals surface area contributed by atoms with Gasteiger partial charge in [0.2, 0.25) is 0 Å². The largest absolute Gasteiger partial charge is 0.489 e. The second-order valence-electron chi connectivity index (χ2n) is 4.87. The van der Waals surface area contributed by atoms with Crippen LogP contribution in [0.3, 0.4) is 0 Å². The summed E-state index contributed by atoms with van der Waals surface area (Å²) in [6, 6.07) is 14.5. The molecule has 0 fully saturated rings.